The first-order chi connectivity index (χ1) is 10.2. The number of carbonyl (C=O) groups excluding carboxylic acids is 1. The van der Waals surface area contributed by atoms with Crippen molar-refractivity contribution in [3.05, 3.63) is 23.4 Å². The first kappa shape index (κ1) is 15.6. The molecule has 118 valence electrons. The highest BCUT2D eigenvalue weighted by Gasteiger charge is 2.32. The molecule has 0 radical (unpaired) electrons. The minimum atomic E-state index is -1.31. The fourth-order valence-corrected chi connectivity index (χ4v) is 1.66. The maximum absolute atomic E-state index is 12.5. The third-order valence-electron chi connectivity index (χ3n) is 2.73. The average Bonchev–Trinajstić information content (AvgIpc) is 3.02. The minimum Gasteiger partial charge on any atom is -0.475 e. The number of carbonyl (C=O) groups is 2. The van der Waals surface area contributed by atoms with Gasteiger partial charge in [0.1, 0.15) is 6.54 Å². The van der Waals surface area contributed by atoms with E-state index in [1.165, 1.54) is 4.90 Å². The van der Waals surface area contributed by atoms with Crippen LogP contribution in [0.15, 0.2) is 9.05 Å². The number of amides is 1. The Hall–Kier alpha value is -2.78. The molecule has 0 aliphatic heterocycles. The van der Waals surface area contributed by atoms with E-state index in [0.29, 0.717) is 0 Å². The molecule has 2 heterocycles. The van der Waals surface area contributed by atoms with Gasteiger partial charge in [-0.05, 0) is 25.9 Å². The van der Waals surface area contributed by atoms with Gasteiger partial charge >= 0.3 is 5.97 Å². The summed E-state index contributed by atoms with van der Waals surface area (Å²) in [4.78, 5) is 32.2. The van der Waals surface area contributed by atoms with Crippen molar-refractivity contribution < 1.29 is 23.7 Å². The van der Waals surface area contributed by atoms with Crippen LogP contribution >= 0.6 is 0 Å². The molecule has 0 spiro atoms. The highest BCUT2D eigenvalue weighted by molar-refractivity contribution is 5.90. The maximum Gasteiger partial charge on any atom is 0.377 e. The lowest BCUT2D eigenvalue weighted by Gasteiger charge is -2.33. The molecule has 22 heavy (non-hydrogen) atoms. The summed E-state index contributed by atoms with van der Waals surface area (Å²) in [5, 5.41) is 15.7. The van der Waals surface area contributed by atoms with Crippen molar-refractivity contribution in [2.45, 2.75) is 39.8 Å². The summed E-state index contributed by atoms with van der Waals surface area (Å²) in [6, 6.07) is 0. The van der Waals surface area contributed by atoms with E-state index in [4.69, 9.17) is 14.2 Å². The lowest BCUT2D eigenvalue weighted by atomic mass is 10.1. The average molecular weight is 309 g/mol. The van der Waals surface area contributed by atoms with Crippen LogP contribution in [0.4, 0.5) is 0 Å². The number of nitrogens with zero attached hydrogens (tertiary/aromatic N) is 5. The molecule has 2 aromatic rings. The Balaban J connectivity index is 2.26. The standard InChI is InChI=1S/C12H15N5O5/c1-6-13-8(15-21-6)10(18)17(12(2,3)4)5-7-14-9(11(19)20)16-22-7/h5H2,1-4H3,(H,19,20). The number of hydrogen-bond donors (Lipinski definition) is 1. The van der Waals surface area contributed by atoms with Crippen LogP contribution in [0.1, 0.15) is 53.8 Å². The molecular formula is C12H15N5O5. The van der Waals surface area contributed by atoms with Crippen LogP contribution in [0.3, 0.4) is 0 Å². The Kier molecular flexibility index (Phi) is 3.93. The fourth-order valence-electron chi connectivity index (χ4n) is 1.66. The van der Waals surface area contributed by atoms with E-state index in [1.807, 2.05) is 0 Å². The zero-order chi connectivity index (χ0) is 16.5. The predicted octanol–water partition coefficient (Wildman–Crippen LogP) is 0.900. The van der Waals surface area contributed by atoms with E-state index in [9.17, 15) is 9.59 Å². The molecule has 2 rings (SSSR count). The molecule has 0 saturated heterocycles. The number of carboxylic acids is 1. The Morgan fingerprint density at radius 3 is 2.23 bits per heavy atom. The van der Waals surface area contributed by atoms with Gasteiger partial charge in [0.2, 0.25) is 11.8 Å². The lowest BCUT2D eigenvalue weighted by Crippen LogP contribution is -2.45. The molecule has 10 heteroatoms. The van der Waals surface area contributed by atoms with Gasteiger partial charge in [-0.3, -0.25) is 4.79 Å². The van der Waals surface area contributed by atoms with Crippen LogP contribution in [0, 0.1) is 6.92 Å². The Labute approximate surface area is 125 Å². The Morgan fingerprint density at radius 1 is 1.14 bits per heavy atom. The predicted molar refractivity (Wildman–Crippen MR) is 69.9 cm³/mol. The summed E-state index contributed by atoms with van der Waals surface area (Å²) < 4.78 is 9.64. The van der Waals surface area contributed by atoms with Crippen molar-refractivity contribution >= 4 is 11.9 Å². The monoisotopic (exact) mass is 309 g/mol. The van der Waals surface area contributed by atoms with Gasteiger partial charge in [0.15, 0.2) is 0 Å². The molecule has 0 bridgehead atoms. The molecule has 2 aromatic heterocycles. The summed E-state index contributed by atoms with van der Waals surface area (Å²) in [7, 11) is 0. The molecule has 1 amide bonds. The maximum atomic E-state index is 12.5. The van der Waals surface area contributed by atoms with Crippen molar-refractivity contribution in [3.8, 4) is 0 Å². The van der Waals surface area contributed by atoms with Crippen molar-refractivity contribution in [2.24, 2.45) is 0 Å². The first-order valence-corrected chi connectivity index (χ1v) is 6.36. The summed E-state index contributed by atoms with van der Waals surface area (Å²) in [5.41, 5.74) is -0.608. The van der Waals surface area contributed by atoms with Crippen LogP contribution in [0.5, 0.6) is 0 Å². The van der Waals surface area contributed by atoms with Crippen molar-refractivity contribution in [3.63, 3.8) is 0 Å². The Morgan fingerprint density at radius 2 is 1.77 bits per heavy atom. The molecule has 0 aromatic carbocycles. The van der Waals surface area contributed by atoms with Gasteiger partial charge in [-0.1, -0.05) is 5.16 Å². The summed E-state index contributed by atoms with van der Waals surface area (Å²) in [6.07, 6.45) is 0. The SMILES string of the molecule is Cc1nc(C(=O)N(Cc2nc(C(=O)O)no2)C(C)(C)C)no1. The van der Waals surface area contributed by atoms with E-state index in [0.717, 1.165) is 0 Å². The second-order valence-electron chi connectivity index (χ2n) is 5.52. The third kappa shape index (κ3) is 3.27. The molecule has 0 fully saturated rings. The van der Waals surface area contributed by atoms with E-state index in [2.05, 4.69) is 20.3 Å². The topological polar surface area (TPSA) is 135 Å². The fraction of sp³-hybridized carbons (Fsp3) is 0.500. The van der Waals surface area contributed by atoms with E-state index in [1.54, 1.807) is 27.7 Å². The van der Waals surface area contributed by atoms with Crippen LogP contribution in [0.2, 0.25) is 0 Å². The van der Waals surface area contributed by atoms with Gasteiger partial charge in [-0.25, -0.2) is 4.79 Å². The van der Waals surface area contributed by atoms with E-state index in [-0.39, 0.29) is 24.2 Å². The summed E-state index contributed by atoms with van der Waals surface area (Å²) in [5.74, 6) is -2.09. The number of aromatic carboxylic acids is 1. The normalized spacial score (nSPS) is 11.5. The van der Waals surface area contributed by atoms with Crippen molar-refractivity contribution in [1.29, 1.82) is 0 Å². The number of carboxylic acid groups (broad SMARTS) is 1. The first-order valence-electron chi connectivity index (χ1n) is 6.36. The van der Waals surface area contributed by atoms with Crippen molar-refractivity contribution in [2.75, 3.05) is 0 Å². The van der Waals surface area contributed by atoms with E-state index >= 15 is 0 Å². The molecule has 0 aliphatic rings. The van der Waals surface area contributed by atoms with Crippen molar-refractivity contribution in [1.82, 2.24) is 25.2 Å². The summed E-state index contributed by atoms with van der Waals surface area (Å²) in [6.45, 7) is 6.89. The number of aryl methyl sites for hydroxylation is 1. The molecule has 10 nitrogen and oxygen atoms in total. The molecule has 0 unspecified atom stereocenters. The third-order valence-corrected chi connectivity index (χ3v) is 2.73. The molecule has 0 atom stereocenters. The second-order valence-corrected chi connectivity index (χ2v) is 5.52. The van der Waals surface area contributed by atoms with Crippen LogP contribution < -0.4 is 0 Å². The minimum absolute atomic E-state index is 0.000826. The van der Waals surface area contributed by atoms with Crippen LogP contribution in [-0.4, -0.2) is 47.7 Å². The summed E-state index contributed by atoms with van der Waals surface area (Å²) >= 11 is 0. The smallest absolute Gasteiger partial charge is 0.377 e. The Bertz CT molecular complexity index is 699. The number of rotatable bonds is 4. The lowest BCUT2D eigenvalue weighted by molar-refractivity contribution is 0.0509. The van der Waals surface area contributed by atoms with Gasteiger partial charge in [0.05, 0.1) is 0 Å². The molecular weight excluding hydrogens is 294 g/mol. The molecule has 0 saturated carbocycles. The number of aromatic nitrogens is 4. The second kappa shape index (κ2) is 5.54. The van der Waals surface area contributed by atoms with Gasteiger partial charge in [0.25, 0.3) is 17.6 Å². The largest absolute Gasteiger partial charge is 0.475 e. The van der Waals surface area contributed by atoms with E-state index < -0.39 is 23.2 Å². The quantitative estimate of drug-likeness (QED) is 0.873. The van der Waals surface area contributed by atoms with Gasteiger partial charge < -0.3 is 19.1 Å². The highest BCUT2D eigenvalue weighted by atomic mass is 16.5. The zero-order valence-electron chi connectivity index (χ0n) is 12.5. The van der Waals surface area contributed by atoms with Gasteiger partial charge in [-0.2, -0.15) is 9.97 Å². The highest BCUT2D eigenvalue weighted by Crippen LogP contribution is 2.19. The van der Waals surface area contributed by atoms with Gasteiger partial charge in [-0.15, -0.1) is 0 Å². The molecule has 1 N–H and O–H groups in total. The van der Waals surface area contributed by atoms with Crippen LogP contribution in [0.25, 0.3) is 0 Å². The zero-order valence-corrected chi connectivity index (χ0v) is 12.5. The van der Waals surface area contributed by atoms with Crippen LogP contribution in [-0.2, 0) is 6.54 Å². The molecule has 0 aliphatic carbocycles. The number of hydrogen-bond acceptors (Lipinski definition) is 8. The van der Waals surface area contributed by atoms with Gasteiger partial charge in [0, 0.05) is 12.5 Å².